The van der Waals surface area contributed by atoms with Crippen LogP contribution < -0.4 is 10.6 Å². The molecule has 1 heterocycles. The highest BCUT2D eigenvalue weighted by atomic mass is 32.2. The van der Waals surface area contributed by atoms with Gasteiger partial charge in [-0.05, 0) is 53.4 Å². The van der Waals surface area contributed by atoms with Crippen molar-refractivity contribution in [3.63, 3.8) is 0 Å². The molecule has 0 radical (unpaired) electrons. The van der Waals surface area contributed by atoms with Crippen LogP contribution in [0.4, 0.5) is 5.69 Å². The Labute approximate surface area is 198 Å². The van der Waals surface area contributed by atoms with Crippen molar-refractivity contribution in [2.45, 2.75) is 30.7 Å². The Morgan fingerprint density at radius 3 is 2.06 bits per heavy atom. The van der Waals surface area contributed by atoms with E-state index in [0.29, 0.717) is 11.3 Å². The first-order chi connectivity index (χ1) is 16.1. The van der Waals surface area contributed by atoms with Crippen LogP contribution in [-0.4, -0.2) is 25.3 Å². The van der Waals surface area contributed by atoms with Gasteiger partial charge < -0.3 is 10.8 Å². The van der Waals surface area contributed by atoms with Gasteiger partial charge in [-0.15, -0.1) is 0 Å². The topological polar surface area (TPSA) is 118 Å². The third-order valence-electron chi connectivity index (χ3n) is 5.85. The maximum Gasteiger partial charge on any atom is 0.295 e. The van der Waals surface area contributed by atoms with E-state index in [9.17, 15) is 23.1 Å². The van der Waals surface area contributed by atoms with Crippen molar-refractivity contribution in [1.82, 2.24) is 0 Å². The Morgan fingerprint density at radius 2 is 1.53 bits per heavy atom. The lowest BCUT2D eigenvalue weighted by Crippen LogP contribution is -2.31. The van der Waals surface area contributed by atoms with Gasteiger partial charge in [0.2, 0.25) is 15.7 Å². The lowest BCUT2D eigenvalue weighted by Gasteiger charge is -2.27. The van der Waals surface area contributed by atoms with Gasteiger partial charge in [0.05, 0.1) is 4.90 Å². The fraction of sp³-hybridized carbons (Fsp3) is 0.154. The number of anilines is 1. The highest BCUT2D eigenvalue weighted by Crippen LogP contribution is 2.45. The molecule has 0 fully saturated rings. The van der Waals surface area contributed by atoms with Crippen LogP contribution in [0.5, 0.6) is 0 Å². The zero-order chi connectivity index (χ0) is 24.6. The summed E-state index contributed by atoms with van der Waals surface area (Å²) in [5, 5.41) is 10.8. The average molecular weight is 477 g/mol. The molecule has 0 saturated heterocycles. The lowest BCUT2D eigenvalue weighted by molar-refractivity contribution is -0.117. The number of hydrogen-bond donors (Lipinski definition) is 2. The van der Waals surface area contributed by atoms with Crippen molar-refractivity contribution in [3.8, 4) is 0 Å². The predicted octanol–water partition coefficient (Wildman–Crippen LogP) is 4.24. The number of benzene rings is 3. The van der Waals surface area contributed by atoms with E-state index in [1.54, 1.807) is 30.3 Å². The van der Waals surface area contributed by atoms with E-state index in [1.165, 1.54) is 41.3 Å². The Balaban J connectivity index is 1.90. The summed E-state index contributed by atoms with van der Waals surface area (Å²) in [6, 6.07) is 19.7. The minimum Gasteiger partial charge on any atom is -0.502 e. The minimum absolute atomic E-state index is 0.0286. The summed E-state index contributed by atoms with van der Waals surface area (Å²) in [6.45, 7) is 4.08. The first-order valence-electron chi connectivity index (χ1n) is 10.7. The summed E-state index contributed by atoms with van der Waals surface area (Å²) >= 11 is 0. The van der Waals surface area contributed by atoms with E-state index in [2.05, 4.69) is 0 Å². The molecule has 3 aromatic rings. The second-order valence-corrected chi connectivity index (χ2v) is 10.3. The zero-order valence-electron chi connectivity index (χ0n) is 18.7. The number of nitrogens with two attached hydrogens (primary N) is 1. The molecule has 8 heteroatoms. The lowest BCUT2D eigenvalue weighted by atomic mass is 9.98. The third kappa shape index (κ3) is 3.97. The molecule has 1 aliphatic heterocycles. The smallest absolute Gasteiger partial charge is 0.295 e. The first-order valence-corrected chi connectivity index (χ1v) is 12.2. The highest BCUT2D eigenvalue weighted by molar-refractivity contribution is 7.95. The molecule has 7 nitrogen and oxygen atoms in total. The van der Waals surface area contributed by atoms with Crippen LogP contribution in [0.3, 0.4) is 0 Å². The maximum absolute atomic E-state index is 13.6. The number of aliphatic hydroxyl groups excluding tert-OH is 1. The van der Waals surface area contributed by atoms with E-state index in [-0.39, 0.29) is 21.3 Å². The van der Waals surface area contributed by atoms with Crippen molar-refractivity contribution in [2.24, 2.45) is 5.73 Å². The fourth-order valence-corrected chi connectivity index (χ4v) is 5.65. The van der Waals surface area contributed by atoms with Crippen molar-refractivity contribution in [3.05, 3.63) is 106 Å². The van der Waals surface area contributed by atoms with Gasteiger partial charge in [0.25, 0.3) is 5.91 Å². The number of nitrogens with zero attached hydrogens (tertiary/aromatic N) is 1. The molecule has 0 spiro atoms. The molecule has 0 unspecified atom stereocenters. The molecule has 3 N–H and O–H groups in total. The summed E-state index contributed by atoms with van der Waals surface area (Å²) in [4.78, 5) is 25.5. The summed E-state index contributed by atoms with van der Waals surface area (Å²) in [7, 11) is -4.21. The normalized spacial score (nSPS) is 16.4. The fourth-order valence-electron chi connectivity index (χ4n) is 4.00. The van der Waals surface area contributed by atoms with Gasteiger partial charge in [0, 0.05) is 11.3 Å². The number of aliphatic hydroxyl groups is 1. The molecule has 0 bridgehead atoms. The molecule has 34 heavy (non-hydrogen) atoms. The molecule has 1 aliphatic rings. The molecule has 2 amide bonds. The van der Waals surface area contributed by atoms with E-state index < -0.39 is 33.5 Å². The van der Waals surface area contributed by atoms with Gasteiger partial charge in [-0.1, -0.05) is 56.3 Å². The second kappa shape index (κ2) is 8.79. The summed E-state index contributed by atoms with van der Waals surface area (Å²) < 4.78 is 27.2. The molecular weight excluding hydrogens is 452 g/mol. The van der Waals surface area contributed by atoms with E-state index in [1.807, 2.05) is 26.0 Å². The number of carbonyl (C=O) groups excluding carboxylic acids is 2. The number of sulfone groups is 1. The van der Waals surface area contributed by atoms with Gasteiger partial charge in [-0.3, -0.25) is 14.5 Å². The molecule has 4 rings (SSSR count). The molecule has 0 aliphatic carbocycles. The van der Waals surface area contributed by atoms with Crippen molar-refractivity contribution < 1.29 is 23.1 Å². The Hall–Kier alpha value is -3.91. The summed E-state index contributed by atoms with van der Waals surface area (Å²) in [5.41, 5.74) is 7.45. The van der Waals surface area contributed by atoms with Gasteiger partial charge >= 0.3 is 0 Å². The van der Waals surface area contributed by atoms with Crippen LogP contribution in [0.1, 0.15) is 47.3 Å². The van der Waals surface area contributed by atoms with Crippen LogP contribution in [0.15, 0.2) is 94.4 Å². The van der Waals surface area contributed by atoms with E-state index in [0.717, 1.165) is 5.56 Å². The second-order valence-electron chi connectivity index (χ2n) is 8.34. The van der Waals surface area contributed by atoms with Crippen molar-refractivity contribution in [2.75, 3.05) is 4.90 Å². The van der Waals surface area contributed by atoms with E-state index in [4.69, 9.17) is 5.73 Å². The number of primary amides is 1. The Morgan fingerprint density at radius 1 is 0.941 bits per heavy atom. The molecular formula is C26H24N2O5S. The standard InChI is InChI=1S/C26H24N2O5S/c1-16(2)17-8-10-18(11-9-17)22-24(34(32,33)21-6-4-3-5-7-21)23(29)26(31)28(22)20-14-12-19(13-15-20)25(27)30/h3-16,22,29H,1-2H3,(H2,27,30)/t22-/m0/s1. The quantitative estimate of drug-likeness (QED) is 0.552. The molecule has 0 aromatic heterocycles. The van der Waals surface area contributed by atoms with E-state index >= 15 is 0 Å². The van der Waals surface area contributed by atoms with Gasteiger partial charge in [0.15, 0.2) is 5.76 Å². The SMILES string of the molecule is CC(C)c1ccc([C@H]2C(S(=O)(=O)c3ccccc3)=C(O)C(=O)N2c2ccc(C(N)=O)cc2)cc1. The largest absolute Gasteiger partial charge is 0.502 e. The molecule has 3 aromatic carbocycles. The maximum atomic E-state index is 13.6. The van der Waals surface area contributed by atoms with Crippen molar-refractivity contribution >= 4 is 27.3 Å². The summed E-state index contributed by atoms with van der Waals surface area (Å²) in [6.07, 6.45) is 0. The third-order valence-corrected chi connectivity index (χ3v) is 7.74. The van der Waals surface area contributed by atoms with Crippen molar-refractivity contribution in [1.29, 1.82) is 0 Å². The van der Waals surface area contributed by atoms with Crippen LogP contribution in [0.25, 0.3) is 0 Å². The van der Waals surface area contributed by atoms with Crippen LogP contribution in [0, 0.1) is 0 Å². The van der Waals surface area contributed by atoms with Gasteiger partial charge in [-0.25, -0.2) is 8.42 Å². The van der Waals surface area contributed by atoms with Crippen LogP contribution in [-0.2, 0) is 14.6 Å². The summed E-state index contributed by atoms with van der Waals surface area (Å²) in [5.74, 6) is -2.05. The number of rotatable bonds is 6. The van der Waals surface area contributed by atoms with Gasteiger partial charge in [-0.2, -0.15) is 0 Å². The molecule has 0 saturated carbocycles. The number of carbonyl (C=O) groups is 2. The van der Waals surface area contributed by atoms with Crippen LogP contribution >= 0.6 is 0 Å². The zero-order valence-corrected chi connectivity index (χ0v) is 19.5. The van der Waals surface area contributed by atoms with Crippen LogP contribution in [0.2, 0.25) is 0 Å². The highest BCUT2D eigenvalue weighted by Gasteiger charge is 2.47. The monoisotopic (exact) mass is 476 g/mol. The predicted molar refractivity (Wildman–Crippen MR) is 129 cm³/mol. The minimum atomic E-state index is -4.21. The first kappa shape index (κ1) is 23.3. The average Bonchev–Trinajstić information content (AvgIpc) is 3.10. The molecule has 174 valence electrons. The Kier molecular flexibility index (Phi) is 6.01. The molecule has 1 atom stereocenters. The van der Waals surface area contributed by atoms with Gasteiger partial charge in [0.1, 0.15) is 10.9 Å². The number of amides is 2. The Bertz CT molecular complexity index is 1380. The number of hydrogen-bond acceptors (Lipinski definition) is 5.